The van der Waals surface area contributed by atoms with Crippen molar-refractivity contribution in [3.63, 3.8) is 0 Å². The summed E-state index contributed by atoms with van der Waals surface area (Å²) in [5.74, 6) is 1.30. The summed E-state index contributed by atoms with van der Waals surface area (Å²) in [5, 5.41) is 10.8. The number of hydrogen-bond donors (Lipinski definition) is 1. The van der Waals surface area contributed by atoms with Gasteiger partial charge in [0.05, 0.1) is 25.6 Å². The van der Waals surface area contributed by atoms with Gasteiger partial charge in [-0.3, -0.25) is 4.79 Å². The van der Waals surface area contributed by atoms with E-state index in [1.807, 2.05) is 42.6 Å². The van der Waals surface area contributed by atoms with E-state index in [0.717, 1.165) is 25.3 Å². The van der Waals surface area contributed by atoms with E-state index < -0.39 is 0 Å². The van der Waals surface area contributed by atoms with Crippen molar-refractivity contribution in [3.05, 3.63) is 52.7 Å². The number of nitrogens with one attached hydrogen (secondary N) is 1. The predicted octanol–water partition coefficient (Wildman–Crippen LogP) is 5.20. The first-order valence-corrected chi connectivity index (χ1v) is 10.9. The number of amides is 1. The van der Waals surface area contributed by atoms with E-state index in [0.29, 0.717) is 28.7 Å². The summed E-state index contributed by atoms with van der Waals surface area (Å²) in [6.07, 6.45) is 0. The molecule has 2 aromatic carbocycles. The molecule has 0 aliphatic rings. The zero-order valence-corrected chi connectivity index (χ0v) is 17.8. The number of nitrogens with zero attached hydrogens (tertiary/aromatic N) is 3. The van der Waals surface area contributed by atoms with Gasteiger partial charge in [-0.05, 0) is 30.5 Å². The Labute approximate surface area is 179 Å². The fourth-order valence-corrected chi connectivity index (χ4v) is 5.06. The van der Waals surface area contributed by atoms with Crippen molar-refractivity contribution in [2.24, 2.45) is 0 Å². The molecule has 0 bridgehead atoms. The van der Waals surface area contributed by atoms with Crippen LogP contribution >= 0.6 is 22.7 Å². The van der Waals surface area contributed by atoms with Crippen LogP contribution in [-0.4, -0.2) is 27.6 Å². The number of aryl methyl sites for hydroxylation is 2. The number of thiazole rings is 1. The molecule has 1 amide bonds. The molecule has 1 N–H and O–H groups in total. The van der Waals surface area contributed by atoms with Crippen molar-refractivity contribution in [1.29, 1.82) is 0 Å². The van der Waals surface area contributed by atoms with E-state index in [1.54, 1.807) is 35.7 Å². The molecule has 0 saturated carbocycles. The molecule has 0 radical (unpaired) electrons. The Balaban J connectivity index is 1.37. The van der Waals surface area contributed by atoms with Crippen LogP contribution in [-0.2, 0) is 4.79 Å². The van der Waals surface area contributed by atoms with Crippen LogP contribution in [0.15, 0.2) is 46.3 Å². The molecule has 30 heavy (non-hydrogen) atoms. The molecule has 5 aromatic rings. The average molecular weight is 437 g/mol. The highest BCUT2D eigenvalue weighted by molar-refractivity contribution is 7.21. The molecule has 0 spiro atoms. The van der Waals surface area contributed by atoms with Gasteiger partial charge in [-0.15, -0.1) is 22.7 Å². The van der Waals surface area contributed by atoms with Crippen LogP contribution in [0.5, 0.6) is 5.75 Å². The second kappa shape index (κ2) is 7.51. The van der Waals surface area contributed by atoms with Crippen molar-refractivity contribution in [3.8, 4) is 17.1 Å². The monoisotopic (exact) mass is 436 g/mol. The van der Waals surface area contributed by atoms with E-state index in [2.05, 4.69) is 20.4 Å². The third-order valence-corrected chi connectivity index (χ3v) is 6.34. The number of aromatic nitrogens is 3. The number of hydrogen-bond acceptors (Lipinski definition) is 8. The normalized spacial score (nSPS) is 11.3. The second-order valence-corrected chi connectivity index (χ2v) is 8.79. The molecule has 0 fully saturated rings. The predicted molar refractivity (Wildman–Crippen MR) is 118 cm³/mol. The third-order valence-electron chi connectivity index (χ3n) is 4.50. The van der Waals surface area contributed by atoms with Crippen molar-refractivity contribution in [1.82, 2.24) is 15.1 Å². The maximum absolute atomic E-state index is 12.6. The Bertz CT molecular complexity index is 1390. The van der Waals surface area contributed by atoms with Crippen LogP contribution in [0.25, 0.3) is 31.7 Å². The van der Waals surface area contributed by atoms with Gasteiger partial charge < -0.3 is 14.6 Å². The summed E-state index contributed by atoms with van der Waals surface area (Å²) < 4.78 is 13.1. The number of benzene rings is 2. The standard InChI is InChI=1S/C21H16N4O3S2/c1-11-22-21(25-28-11)13-5-3-4-6-15(13)24-18(26)10-27-16-9-17-19(23-12(2)30-17)20-14(16)7-8-29-20/h3-9H,10H2,1-2H3,(H,24,26). The molecule has 3 heterocycles. The lowest BCUT2D eigenvalue weighted by molar-refractivity contribution is -0.118. The maximum atomic E-state index is 12.6. The minimum atomic E-state index is -0.272. The molecule has 3 aromatic heterocycles. The lowest BCUT2D eigenvalue weighted by Gasteiger charge is -2.11. The Hall–Kier alpha value is -3.30. The van der Waals surface area contributed by atoms with E-state index in [4.69, 9.17) is 9.26 Å². The molecule has 5 rings (SSSR count). The van der Waals surface area contributed by atoms with E-state index >= 15 is 0 Å². The van der Waals surface area contributed by atoms with Gasteiger partial charge in [-0.25, -0.2) is 4.98 Å². The number of carbonyl (C=O) groups excluding carboxylic acids is 1. The summed E-state index contributed by atoms with van der Waals surface area (Å²) in [7, 11) is 0. The number of rotatable bonds is 5. The fourth-order valence-electron chi connectivity index (χ4n) is 3.23. The van der Waals surface area contributed by atoms with Crippen molar-refractivity contribution >= 4 is 54.6 Å². The first-order valence-electron chi connectivity index (χ1n) is 9.18. The molecular weight excluding hydrogens is 420 g/mol. The molecule has 0 aliphatic carbocycles. The summed E-state index contributed by atoms with van der Waals surface area (Å²) in [5.41, 5.74) is 2.27. The number of thiophene rings is 1. The Morgan fingerprint density at radius 3 is 2.90 bits per heavy atom. The number of para-hydroxylation sites is 1. The minimum Gasteiger partial charge on any atom is -0.483 e. The fraction of sp³-hybridized carbons (Fsp3) is 0.143. The van der Waals surface area contributed by atoms with Crippen LogP contribution < -0.4 is 10.1 Å². The number of anilines is 1. The highest BCUT2D eigenvalue weighted by Crippen LogP contribution is 2.38. The van der Waals surface area contributed by atoms with Crippen LogP contribution in [0, 0.1) is 13.8 Å². The van der Waals surface area contributed by atoms with Gasteiger partial charge in [0, 0.05) is 23.9 Å². The van der Waals surface area contributed by atoms with E-state index in [1.165, 1.54) is 0 Å². The molecule has 0 saturated heterocycles. The van der Waals surface area contributed by atoms with Gasteiger partial charge in [0.2, 0.25) is 11.7 Å². The lowest BCUT2D eigenvalue weighted by Crippen LogP contribution is -2.20. The van der Waals surface area contributed by atoms with Crippen molar-refractivity contribution in [2.45, 2.75) is 13.8 Å². The molecule has 9 heteroatoms. The van der Waals surface area contributed by atoms with E-state index in [-0.39, 0.29) is 12.5 Å². The lowest BCUT2D eigenvalue weighted by atomic mass is 10.1. The van der Waals surface area contributed by atoms with Crippen molar-refractivity contribution < 1.29 is 14.1 Å². The quantitative estimate of drug-likeness (QED) is 0.407. The van der Waals surface area contributed by atoms with Gasteiger partial charge in [-0.1, -0.05) is 17.3 Å². The average Bonchev–Trinajstić information content (AvgIpc) is 3.45. The van der Waals surface area contributed by atoms with Gasteiger partial charge in [0.25, 0.3) is 5.91 Å². The summed E-state index contributed by atoms with van der Waals surface area (Å²) in [6, 6.07) is 11.3. The molecular formula is C21H16N4O3S2. The highest BCUT2D eigenvalue weighted by atomic mass is 32.1. The molecule has 150 valence electrons. The molecule has 0 unspecified atom stereocenters. The zero-order chi connectivity index (χ0) is 20.7. The van der Waals surface area contributed by atoms with Crippen LogP contribution in [0.3, 0.4) is 0 Å². The number of ether oxygens (including phenoxy) is 1. The van der Waals surface area contributed by atoms with Crippen molar-refractivity contribution in [2.75, 3.05) is 11.9 Å². The number of carbonyl (C=O) groups is 1. The Kier molecular flexibility index (Phi) is 4.68. The van der Waals surface area contributed by atoms with Crippen LogP contribution in [0.1, 0.15) is 10.9 Å². The molecule has 0 aliphatic heterocycles. The van der Waals surface area contributed by atoms with Crippen LogP contribution in [0.4, 0.5) is 5.69 Å². The maximum Gasteiger partial charge on any atom is 0.262 e. The zero-order valence-electron chi connectivity index (χ0n) is 16.1. The Morgan fingerprint density at radius 1 is 1.20 bits per heavy atom. The summed E-state index contributed by atoms with van der Waals surface area (Å²) in [4.78, 5) is 21.5. The third kappa shape index (κ3) is 3.42. The first-order chi connectivity index (χ1) is 14.6. The van der Waals surface area contributed by atoms with Gasteiger partial charge in [0.1, 0.15) is 5.75 Å². The van der Waals surface area contributed by atoms with Gasteiger partial charge in [-0.2, -0.15) is 4.98 Å². The van der Waals surface area contributed by atoms with Gasteiger partial charge >= 0.3 is 0 Å². The van der Waals surface area contributed by atoms with E-state index in [9.17, 15) is 4.79 Å². The van der Waals surface area contributed by atoms with Crippen LogP contribution in [0.2, 0.25) is 0 Å². The summed E-state index contributed by atoms with van der Waals surface area (Å²) in [6.45, 7) is 3.59. The smallest absolute Gasteiger partial charge is 0.262 e. The SMILES string of the molecule is Cc1nc(-c2ccccc2NC(=O)COc2cc3sc(C)nc3c3sccc23)no1. The topological polar surface area (TPSA) is 90.1 Å². The first kappa shape index (κ1) is 18.7. The largest absolute Gasteiger partial charge is 0.483 e. The second-order valence-electron chi connectivity index (χ2n) is 6.64. The number of fused-ring (bicyclic) bond motifs is 3. The highest BCUT2D eigenvalue weighted by Gasteiger charge is 2.16. The summed E-state index contributed by atoms with van der Waals surface area (Å²) >= 11 is 3.24. The van der Waals surface area contributed by atoms with Gasteiger partial charge in [0.15, 0.2) is 6.61 Å². The minimum absolute atomic E-state index is 0.117. The molecule has 0 atom stereocenters. The Morgan fingerprint density at radius 2 is 2.07 bits per heavy atom. The molecule has 7 nitrogen and oxygen atoms in total.